The van der Waals surface area contributed by atoms with Crippen LogP contribution in [-0.4, -0.2) is 4.92 Å². The second kappa shape index (κ2) is 5.85. The third kappa shape index (κ3) is 3.22. The Kier molecular flexibility index (Phi) is 4.16. The number of nitrogens with two attached hydrogens (primary N) is 1. The number of rotatable bonds is 4. The summed E-state index contributed by atoms with van der Waals surface area (Å²) in [5.74, 6) is 4.89. The lowest BCUT2D eigenvalue weighted by molar-refractivity contribution is -0.384. The number of benzene rings is 2. The summed E-state index contributed by atoms with van der Waals surface area (Å²) < 4.78 is 13.5. The predicted molar refractivity (Wildman–Crippen MR) is 78.3 cm³/mol. The lowest BCUT2D eigenvalue weighted by Crippen LogP contribution is -2.07. The van der Waals surface area contributed by atoms with Gasteiger partial charge in [-0.25, -0.2) is 4.39 Å². The molecule has 20 heavy (non-hydrogen) atoms. The molecule has 0 amide bonds. The third-order valence-electron chi connectivity index (χ3n) is 2.51. The van der Waals surface area contributed by atoms with E-state index in [2.05, 4.69) is 26.7 Å². The van der Waals surface area contributed by atoms with Crippen molar-refractivity contribution in [2.75, 3.05) is 10.7 Å². The summed E-state index contributed by atoms with van der Waals surface area (Å²) >= 11 is 3.21. The van der Waals surface area contributed by atoms with E-state index in [0.717, 1.165) is 0 Å². The number of hydrogen-bond acceptors (Lipinski definition) is 5. The van der Waals surface area contributed by atoms with Crippen LogP contribution >= 0.6 is 15.9 Å². The zero-order valence-electron chi connectivity index (χ0n) is 10.1. The van der Waals surface area contributed by atoms with Gasteiger partial charge in [0.25, 0.3) is 5.69 Å². The predicted octanol–water partition coefficient (Wildman–Crippen LogP) is 3.53. The molecule has 8 heteroatoms. The standard InChI is InChI=1S/C12H10BrFN4O2/c13-11-3-7(14)1-2-12(11)16-8-4-9(17-15)6-10(5-8)18(19)20/h1-6,16-17H,15H2. The summed E-state index contributed by atoms with van der Waals surface area (Å²) in [6, 6.07) is 8.37. The molecule has 0 spiro atoms. The molecule has 6 nitrogen and oxygen atoms in total. The molecule has 0 aliphatic carbocycles. The largest absolute Gasteiger partial charge is 0.354 e. The van der Waals surface area contributed by atoms with Gasteiger partial charge in [-0.05, 0) is 40.2 Å². The second-order valence-electron chi connectivity index (χ2n) is 3.92. The topological polar surface area (TPSA) is 93.2 Å². The minimum atomic E-state index is -0.522. The summed E-state index contributed by atoms with van der Waals surface area (Å²) in [4.78, 5) is 10.3. The Morgan fingerprint density at radius 1 is 1.20 bits per heavy atom. The van der Waals surface area contributed by atoms with Gasteiger partial charge in [0.15, 0.2) is 0 Å². The number of non-ortho nitro benzene ring substituents is 1. The Hall–Kier alpha value is -2.19. The molecule has 0 fully saturated rings. The maximum absolute atomic E-state index is 13.0. The monoisotopic (exact) mass is 340 g/mol. The number of nitro benzene ring substituents is 1. The van der Waals surface area contributed by atoms with Crippen molar-refractivity contribution in [3.05, 3.63) is 56.8 Å². The Morgan fingerprint density at radius 2 is 1.90 bits per heavy atom. The van der Waals surface area contributed by atoms with E-state index < -0.39 is 4.92 Å². The molecule has 0 bridgehead atoms. The Labute approximate surface area is 122 Å². The summed E-state index contributed by atoms with van der Waals surface area (Å²) in [5, 5.41) is 13.8. The summed E-state index contributed by atoms with van der Waals surface area (Å²) in [7, 11) is 0. The first-order valence-electron chi connectivity index (χ1n) is 5.48. The zero-order chi connectivity index (χ0) is 14.7. The molecule has 2 aromatic rings. The number of nitro groups is 1. The molecule has 2 aromatic carbocycles. The fourth-order valence-corrected chi connectivity index (χ4v) is 2.07. The van der Waals surface area contributed by atoms with Gasteiger partial charge in [0.05, 0.1) is 16.3 Å². The Bertz CT molecular complexity index is 666. The normalized spacial score (nSPS) is 10.2. The van der Waals surface area contributed by atoms with Crippen LogP contribution in [-0.2, 0) is 0 Å². The zero-order valence-corrected chi connectivity index (χ0v) is 11.6. The molecule has 0 aliphatic heterocycles. The van der Waals surface area contributed by atoms with Crippen molar-refractivity contribution in [1.82, 2.24) is 0 Å². The molecule has 0 saturated carbocycles. The van der Waals surface area contributed by atoms with E-state index in [-0.39, 0.29) is 11.5 Å². The van der Waals surface area contributed by atoms with Crippen molar-refractivity contribution in [2.24, 2.45) is 5.84 Å². The molecule has 0 saturated heterocycles. The first-order valence-corrected chi connectivity index (χ1v) is 6.27. The number of nitrogens with one attached hydrogen (secondary N) is 2. The molecule has 0 heterocycles. The van der Waals surface area contributed by atoms with Gasteiger partial charge in [-0.3, -0.25) is 16.0 Å². The third-order valence-corrected chi connectivity index (χ3v) is 3.16. The summed E-state index contributed by atoms with van der Waals surface area (Å²) in [5.41, 5.74) is 3.67. The highest BCUT2D eigenvalue weighted by molar-refractivity contribution is 9.10. The van der Waals surface area contributed by atoms with Gasteiger partial charge < -0.3 is 10.7 Å². The van der Waals surface area contributed by atoms with Crippen molar-refractivity contribution >= 4 is 38.7 Å². The number of anilines is 3. The minimum Gasteiger partial charge on any atom is -0.354 e. The number of nitrogen functional groups attached to an aromatic ring is 1. The van der Waals surface area contributed by atoms with Crippen molar-refractivity contribution in [3.8, 4) is 0 Å². The van der Waals surface area contributed by atoms with Gasteiger partial charge in [-0.1, -0.05) is 0 Å². The molecule has 0 radical (unpaired) electrons. The van der Waals surface area contributed by atoms with E-state index >= 15 is 0 Å². The smallest absolute Gasteiger partial charge is 0.273 e. The van der Waals surface area contributed by atoms with E-state index in [4.69, 9.17) is 5.84 Å². The van der Waals surface area contributed by atoms with Crippen molar-refractivity contribution in [3.63, 3.8) is 0 Å². The highest BCUT2D eigenvalue weighted by Gasteiger charge is 2.10. The Balaban J connectivity index is 2.37. The van der Waals surface area contributed by atoms with Crippen LogP contribution < -0.4 is 16.6 Å². The maximum Gasteiger partial charge on any atom is 0.273 e. The number of nitrogens with zero attached hydrogens (tertiary/aromatic N) is 1. The van der Waals surface area contributed by atoms with Crippen LogP contribution in [0.3, 0.4) is 0 Å². The molecule has 0 atom stereocenters. The summed E-state index contributed by atoms with van der Waals surface area (Å²) in [6.45, 7) is 0. The van der Waals surface area contributed by atoms with Gasteiger partial charge in [0.2, 0.25) is 0 Å². The van der Waals surface area contributed by atoms with Crippen LogP contribution in [0.4, 0.5) is 27.1 Å². The number of hydrazine groups is 1. The first kappa shape index (κ1) is 14.2. The lowest BCUT2D eigenvalue weighted by atomic mass is 10.2. The van der Waals surface area contributed by atoms with Gasteiger partial charge in [-0.15, -0.1) is 0 Å². The SMILES string of the molecule is NNc1cc(Nc2ccc(F)cc2Br)cc([N+](=O)[O-])c1. The van der Waals surface area contributed by atoms with Crippen molar-refractivity contribution in [1.29, 1.82) is 0 Å². The number of halogens is 2. The number of hydrogen-bond donors (Lipinski definition) is 3. The fourth-order valence-electron chi connectivity index (χ4n) is 1.62. The fraction of sp³-hybridized carbons (Fsp3) is 0. The van der Waals surface area contributed by atoms with Crippen LogP contribution in [0.5, 0.6) is 0 Å². The first-order chi connectivity index (χ1) is 9.49. The van der Waals surface area contributed by atoms with Crippen LogP contribution in [0, 0.1) is 15.9 Å². The molecule has 0 aromatic heterocycles. The minimum absolute atomic E-state index is 0.110. The van der Waals surface area contributed by atoms with Crippen LogP contribution in [0.2, 0.25) is 0 Å². The van der Waals surface area contributed by atoms with E-state index in [0.29, 0.717) is 21.5 Å². The van der Waals surface area contributed by atoms with Gasteiger partial charge in [-0.2, -0.15) is 0 Å². The molecular formula is C12H10BrFN4O2. The molecule has 0 unspecified atom stereocenters. The van der Waals surface area contributed by atoms with E-state index in [1.165, 1.54) is 30.3 Å². The van der Waals surface area contributed by atoms with Gasteiger partial charge in [0, 0.05) is 22.3 Å². The average molecular weight is 341 g/mol. The van der Waals surface area contributed by atoms with Crippen molar-refractivity contribution < 1.29 is 9.31 Å². The van der Waals surface area contributed by atoms with E-state index in [1.807, 2.05) is 0 Å². The highest BCUT2D eigenvalue weighted by atomic mass is 79.9. The Morgan fingerprint density at radius 3 is 2.50 bits per heavy atom. The molecule has 0 aliphatic rings. The average Bonchev–Trinajstić information content (AvgIpc) is 2.41. The molecule has 2 rings (SSSR count). The van der Waals surface area contributed by atoms with Crippen molar-refractivity contribution in [2.45, 2.75) is 0 Å². The second-order valence-corrected chi connectivity index (χ2v) is 4.77. The van der Waals surface area contributed by atoms with Gasteiger partial charge >= 0.3 is 0 Å². The highest BCUT2D eigenvalue weighted by Crippen LogP contribution is 2.30. The molecule has 4 N–H and O–H groups in total. The summed E-state index contributed by atoms with van der Waals surface area (Å²) in [6.07, 6.45) is 0. The van der Waals surface area contributed by atoms with Crippen LogP contribution in [0.1, 0.15) is 0 Å². The van der Waals surface area contributed by atoms with Crippen LogP contribution in [0.15, 0.2) is 40.9 Å². The van der Waals surface area contributed by atoms with E-state index in [1.54, 1.807) is 6.07 Å². The van der Waals surface area contributed by atoms with Gasteiger partial charge in [0.1, 0.15) is 5.82 Å². The van der Waals surface area contributed by atoms with Crippen LogP contribution in [0.25, 0.3) is 0 Å². The lowest BCUT2D eigenvalue weighted by Gasteiger charge is -2.10. The molecule has 104 valence electrons. The quantitative estimate of drug-likeness (QED) is 0.449. The molecular weight excluding hydrogens is 331 g/mol. The maximum atomic E-state index is 13.0. The van der Waals surface area contributed by atoms with E-state index in [9.17, 15) is 14.5 Å².